The highest BCUT2D eigenvalue weighted by molar-refractivity contribution is 5.70. The second kappa shape index (κ2) is 23.0. The summed E-state index contributed by atoms with van der Waals surface area (Å²) in [5.41, 5.74) is -0.424. The molecule has 0 atom stereocenters. The van der Waals surface area contributed by atoms with Crippen LogP contribution in [0, 0.1) is 5.41 Å². The number of carbonyl (C=O) groups excluding carboxylic acids is 2. The molecule has 0 aromatic rings. The van der Waals surface area contributed by atoms with Crippen LogP contribution < -0.4 is 0 Å². The number of carboxylic acids is 2. The van der Waals surface area contributed by atoms with Gasteiger partial charge < -0.3 is 19.7 Å². The average molecular weight is 529 g/mol. The summed E-state index contributed by atoms with van der Waals surface area (Å²) in [6.07, 6.45) is 17.0. The number of ether oxygens (including phenoxy) is 2. The Kier molecular flexibility index (Phi) is 21.7. The summed E-state index contributed by atoms with van der Waals surface area (Å²) < 4.78 is 10.8. The highest BCUT2D eigenvalue weighted by Gasteiger charge is 2.22. The number of unbranched alkanes of at least 4 members (excludes halogenated alkanes) is 14. The Labute approximate surface area is 223 Å². The lowest BCUT2D eigenvalue weighted by Gasteiger charge is -2.23. The molecule has 0 bridgehead atoms. The lowest BCUT2D eigenvalue weighted by atomic mass is 9.96. The van der Waals surface area contributed by atoms with Gasteiger partial charge in [-0.15, -0.1) is 0 Å². The highest BCUT2D eigenvalue weighted by Crippen LogP contribution is 2.18. The molecular formula is C29H52O8. The smallest absolute Gasteiger partial charge is 0.305 e. The van der Waals surface area contributed by atoms with Gasteiger partial charge in [0.15, 0.2) is 0 Å². The van der Waals surface area contributed by atoms with Crippen molar-refractivity contribution in [1.82, 2.24) is 0 Å². The van der Waals surface area contributed by atoms with Gasteiger partial charge in [-0.25, -0.2) is 0 Å². The maximum atomic E-state index is 12.0. The van der Waals surface area contributed by atoms with E-state index in [1.54, 1.807) is 0 Å². The quantitative estimate of drug-likeness (QED) is 0.0901. The first-order valence-corrected chi connectivity index (χ1v) is 14.4. The molecule has 0 saturated carbocycles. The zero-order valence-electron chi connectivity index (χ0n) is 23.4. The fourth-order valence-corrected chi connectivity index (χ4v) is 3.95. The third-order valence-corrected chi connectivity index (χ3v) is 6.29. The van der Waals surface area contributed by atoms with Crippen LogP contribution in [0.1, 0.15) is 142 Å². The monoisotopic (exact) mass is 528 g/mol. The lowest BCUT2D eigenvalue weighted by Crippen LogP contribution is -2.28. The van der Waals surface area contributed by atoms with Gasteiger partial charge in [0.05, 0.1) is 13.2 Å². The SMILES string of the molecule is CC(C)(COC(=O)CCCCCCCCCCC(=O)O)COC(=O)CCCCCCCCCCC(=O)O. The first-order valence-electron chi connectivity index (χ1n) is 14.4. The van der Waals surface area contributed by atoms with Gasteiger partial charge in [-0.05, 0) is 25.7 Å². The van der Waals surface area contributed by atoms with Crippen LogP contribution >= 0.6 is 0 Å². The fraction of sp³-hybridized carbons (Fsp3) is 0.862. The number of carbonyl (C=O) groups is 4. The molecule has 0 spiro atoms. The van der Waals surface area contributed by atoms with E-state index in [2.05, 4.69) is 0 Å². The number of hydrogen-bond acceptors (Lipinski definition) is 6. The van der Waals surface area contributed by atoms with E-state index < -0.39 is 17.4 Å². The van der Waals surface area contributed by atoms with Gasteiger partial charge in [-0.2, -0.15) is 0 Å². The standard InChI is InChI=1S/C29H52O8/c1-29(2,23-36-27(34)21-17-13-9-5-3-7-11-15-19-25(30)31)24-37-28(35)22-18-14-10-6-4-8-12-16-20-26(32)33/h3-24H2,1-2H3,(H,30,31)(H,32,33). The van der Waals surface area contributed by atoms with Crippen molar-refractivity contribution in [2.24, 2.45) is 5.41 Å². The largest absolute Gasteiger partial charge is 0.481 e. The Hall–Kier alpha value is -2.12. The van der Waals surface area contributed by atoms with E-state index in [9.17, 15) is 19.2 Å². The molecule has 0 aromatic carbocycles. The summed E-state index contributed by atoms with van der Waals surface area (Å²) in [5.74, 6) is -1.88. The molecule has 216 valence electrons. The zero-order chi connectivity index (χ0) is 27.8. The van der Waals surface area contributed by atoms with E-state index in [1.807, 2.05) is 13.8 Å². The van der Waals surface area contributed by atoms with Gasteiger partial charge in [0.2, 0.25) is 0 Å². The van der Waals surface area contributed by atoms with E-state index >= 15 is 0 Å². The van der Waals surface area contributed by atoms with Crippen molar-refractivity contribution < 1.29 is 38.9 Å². The predicted octanol–water partition coefficient (Wildman–Crippen LogP) is 7.07. The molecule has 0 rings (SSSR count). The maximum absolute atomic E-state index is 12.0. The molecular weight excluding hydrogens is 476 g/mol. The van der Waals surface area contributed by atoms with Crippen molar-refractivity contribution in [3.05, 3.63) is 0 Å². The van der Waals surface area contributed by atoms with E-state index in [4.69, 9.17) is 19.7 Å². The van der Waals surface area contributed by atoms with Crippen LogP contribution in [-0.2, 0) is 28.7 Å². The van der Waals surface area contributed by atoms with Crippen molar-refractivity contribution >= 4 is 23.9 Å². The van der Waals surface area contributed by atoms with Crippen LogP contribution in [0.15, 0.2) is 0 Å². The normalized spacial score (nSPS) is 11.3. The third kappa shape index (κ3) is 26.7. The zero-order valence-corrected chi connectivity index (χ0v) is 23.4. The first kappa shape index (κ1) is 34.9. The molecule has 0 fully saturated rings. The molecule has 0 aromatic heterocycles. The van der Waals surface area contributed by atoms with Gasteiger partial charge in [0, 0.05) is 31.1 Å². The first-order chi connectivity index (χ1) is 17.6. The fourth-order valence-electron chi connectivity index (χ4n) is 3.95. The minimum Gasteiger partial charge on any atom is -0.481 e. The Morgan fingerprint density at radius 1 is 0.459 bits per heavy atom. The Bertz CT molecular complexity index is 577. The summed E-state index contributed by atoms with van der Waals surface area (Å²) >= 11 is 0. The van der Waals surface area contributed by atoms with Crippen molar-refractivity contribution in [2.75, 3.05) is 13.2 Å². The van der Waals surface area contributed by atoms with Crippen LogP contribution in [0.4, 0.5) is 0 Å². The Morgan fingerprint density at radius 3 is 0.973 bits per heavy atom. The molecule has 0 aliphatic carbocycles. The summed E-state index contributed by atoms with van der Waals surface area (Å²) in [5, 5.41) is 17.2. The number of rotatable bonds is 26. The molecule has 0 unspecified atom stereocenters. The van der Waals surface area contributed by atoms with Crippen molar-refractivity contribution in [3.8, 4) is 0 Å². The van der Waals surface area contributed by atoms with Gasteiger partial charge >= 0.3 is 23.9 Å². The molecule has 0 aliphatic rings. The lowest BCUT2D eigenvalue weighted by molar-refractivity contribution is -0.153. The summed E-state index contributed by atoms with van der Waals surface area (Å²) in [7, 11) is 0. The maximum Gasteiger partial charge on any atom is 0.305 e. The Morgan fingerprint density at radius 2 is 0.703 bits per heavy atom. The molecule has 2 N–H and O–H groups in total. The molecule has 0 amide bonds. The molecule has 8 heteroatoms. The van der Waals surface area contributed by atoms with E-state index in [1.165, 1.54) is 0 Å². The van der Waals surface area contributed by atoms with Crippen LogP contribution in [0.5, 0.6) is 0 Å². The second-order valence-electron chi connectivity index (χ2n) is 10.9. The number of hydrogen-bond donors (Lipinski definition) is 2. The summed E-state index contributed by atoms with van der Waals surface area (Å²) in [6.45, 7) is 4.28. The molecule has 8 nitrogen and oxygen atoms in total. The topological polar surface area (TPSA) is 127 Å². The van der Waals surface area contributed by atoms with Crippen LogP contribution in [0.3, 0.4) is 0 Å². The predicted molar refractivity (Wildman–Crippen MR) is 143 cm³/mol. The van der Waals surface area contributed by atoms with E-state index in [0.717, 1.165) is 103 Å². The van der Waals surface area contributed by atoms with Crippen LogP contribution in [-0.4, -0.2) is 47.3 Å². The van der Waals surface area contributed by atoms with Gasteiger partial charge in [0.25, 0.3) is 0 Å². The minimum atomic E-state index is -0.727. The Balaban J connectivity index is 3.61. The number of esters is 2. The minimum absolute atomic E-state index is 0.213. The van der Waals surface area contributed by atoms with Gasteiger partial charge in [-0.3, -0.25) is 19.2 Å². The number of aliphatic carboxylic acids is 2. The molecule has 37 heavy (non-hydrogen) atoms. The summed E-state index contributed by atoms with van der Waals surface area (Å²) in [6, 6.07) is 0. The van der Waals surface area contributed by atoms with Crippen molar-refractivity contribution in [2.45, 2.75) is 142 Å². The van der Waals surface area contributed by atoms with Crippen molar-refractivity contribution in [3.63, 3.8) is 0 Å². The highest BCUT2D eigenvalue weighted by atomic mass is 16.5. The molecule has 0 radical (unpaired) electrons. The molecule has 0 heterocycles. The van der Waals surface area contributed by atoms with Crippen LogP contribution in [0.2, 0.25) is 0 Å². The molecule has 0 aliphatic heterocycles. The third-order valence-electron chi connectivity index (χ3n) is 6.29. The van der Waals surface area contributed by atoms with E-state index in [0.29, 0.717) is 12.8 Å². The molecule has 0 saturated heterocycles. The van der Waals surface area contributed by atoms with Crippen LogP contribution in [0.25, 0.3) is 0 Å². The summed E-state index contributed by atoms with van der Waals surface area (Å²) in [4.78, 5) is 44.9. The average Bonchev–Trinajstić information content (AvgIpc) is 2.83. The van der Waals surface area contributed by atoms with Gasteiger partial charge in [0.1, 0.15) is 0 Å². The second-order valence-corrected chi connectivity index (χ2v) is 10.9. The van der Waals surface area contributed by atoms with Gasteiger partial charge in [-0.1, -0.05) is 90.9 Å². The van der Waals surface area contributed by atoms with E-state index in [-0.39, 0.29) is 38.0 Å². The van der Waals surface area contributed by atoms with Crippen molar-refractivity contribution in [1.29, 1.82) is 0 Å². The number of carboxylic acid groups (broad SMARTS) is 2.